The number of rotatable bonds is 4. The van der Waals surface area contributed by atoms with Gasteiger partial charge >= 0.3 is 5.97 Å². The van der Waals surface area contributed by atoms with Gasteiger partial charge in [0.2, 0.25) is 0 Å². The number of hydrogen-bond acceptors (Lipinski definition) is 3. The zero-order valence-electron chi connectivity index (χ0n) is 9.64. The Morgan fingerprint density at radius 1 is 1.37 bits per heavy atom. The molecule has 0 saturated carbocycles. The number of carboxylic acid groups (broad SMARTS) is 1. The number of pyridine rings is 1. The van der Waals surface area contributed by atoms with Crippen LogP contribution in [0.25, 0.3) is 0 Å². The minimum Gasteiger partial charge on any atom is -0.484 e. The SMILES string of the molecule is O=C(O)c1ccc(COc2ccc(Br)cc2F)nc1. The lowest BCUT2D eigenvalue weighted by Crippen LogP contribution is -2.02. The number of nitrogens with zero attached hydrogens (tertiary/aromatic N) is 1. The summed E-state index contributed by atoms with van der Waals surface area (Å²) in [6.07, 6.45) is 1.24. The van der Waals surface area contributed by atoms with E-state index in [2.05, 4.69) is 20.9 Å². The smallest absolute Gasteiger partial charge is 0.337 e. The van der Waals surface area contributed by atoms with Crippen LogP contribution in [-0.4, -0.2) is 16.1 Å². The molecule has 2 rings (SSSR count). The lowest BCUT2D eigenvalue weighted by atomic mass is 10.2. The van der Waals surface area contributed by atoms with Crippen molar-refractivity contribution in [3.63, 3.8) is 0 Å². The molecule has 1 heterocycles. The molecule has 6 heteroatoms. The van der Waals surface area contributed by atoms with Gasteiger partial charge in [-0.25, -0.2) is 9.18 Å². The number of hydrogen-bond donors (Lipinski definition) is 1. The fourth-order valence-corrected chi connectivity index (χ4v) is 1.71. The molecule has 0 amide bonds. The first-order valence-electron chi connectivity index (χ1n) is 5.32. The summed E-state index contributed by atoms with van der Waals surface area (Å²) >= 11 is 3.15. The number of carboxylic acids is 1. The zero-order chi connectivity index (χ0) is 13.8. The molecule has 4 nitrogen and oxygen atoms in total. The fraction of sp³-hybridized carbons (Fsp3) is 0.0769. The lowest BCUT2D eigenvalue weighted by Gasteiger charge is -2.07. The first-order valence-corrected chi connectivity index (χ1v) is 6.11. The summed E-state index contributed by atoms with van der Waals surface area (Å²) in [6.45, 7) is 0.0679. The molecule has 0 bridgehead atoms. The van der Waals surface area contributed by atoms with Gasteiger partial charge < -0.3 is 9.84 Å². The van der Waals surface area contributed by atoms with Crippen molar-refractivity contribution in [3.05, 3.63) is 58.1 Å². The predicted octanol–water partition coefficient (Wildman–Crippen LogP) is 3.26. The van der Waals surface area contributed by atoms with Crippen molar-refractivity contribution in [2.45, 2.75) is 6.61 Å². The van der Waals surface area contributed by atoms with Crippen LogP contribution in [0.5, 0.6) is 5.75 Å². The van der Waals surface area contributed by atoms with Gasteiger partial charge in [-0.05, 0) is 30.3 Å². The Kier molecular flexibility index (Phi) is 4.11. The van der Waals surface area contributed by atoms with Crippen LogP contribution in [0.4, 0.5) is 4.39 Å². The number of aromatic carboxylic acids is 1. The van der Waals surface area contributed by atoms with Crippen molar-refractivity contribution in [1.82, 2.24) is 4.98 Å². The second-order valence-electron chi connectivity index (χ2n) is 3.71. The minimum atomic E-state index is -1.04. The molecule has 1 aromatic heterocycles. The van der Waals surface area contributed by atoms with E-state index >= 15 is 0 Å². The van der Waals surface area contributed by atoms with Gasteiger partial charge in [0.25, 0.3) is 0 Å². The third kappa shape index (κ3) is 3.51. The average Bonchev–Trinajstić information content (AvgIpc) is 2.38. The van der Waals surface area contributed by atoms with Crippen LogP contribution < -0.4 is 4.74 Å². The highest BCUT2D eigenvalue weighted by molar-refractivity contribution is 9.10. The molecular weight excluding hydrogens is 317 g/mol. The van der Waals surface area contributed by atoms with Crippen molar-refractivity contribution in [2.24, 2.45) is 0 Å². The zero-order valence-corrected chi connectivity index (χ0v) is 11.2. The summed E-state index contributed by atoms with van der Waals surface area (Å²) < 4.78 is 19.4. The topological polar surface area (TPSA) is 59.4 Å². The Morgan fingerprint density at radius 2 is 2.16 bits per heavy atom. The van der Waals surface area contributed by atoms with Crippen LogP contribution in [0.2, 0.25) is 0 Å². The number of benzene rings is 1. The van der Waals surface area contributed by atoms with E-state index in [9.17, 15) is 9.18 Å². The van der Waals surface area contributed by atoms with Gasteiger partial charge in [0.15, 0.2) is 11.6 Å². The van der Waals surface area contributed by atoms with Crippen LogP contribution in [0.1, 0.15) is 16.1 Å². The van der Waals surface area contributed by atoms with Gasteiger partial charge in [-0.2, -0.15) is 0 Å². The molecule has 0 fully saturated rings. The van der Waals surface area contributed by atoms with Crippen LogP contribution >= 0.6 is 15.9 Å². The maximum Gasteiger partial charge on any atom is 0.337 e. The standard InChI is InChI=1S/C13H9BrFNO3/c14-9-2-4-12(11(15)5-9)19-7-10-3-1-8(6-16-10)13(17)18/h1-6H,7H2,(H,17,18). The Balaban J connectivity index is 2.04. The molecule has 0 unspecified atom stereocenters. The van der Waals surface area contributed by atoms with E-state index in [0.717, 1.165) is 0 Å². The van der Waals surface area contributed by atoms with E-state index < -0.39 is 11.8 Å². The first-order chi connectivity index (χ1) is 9.06. The van der Waals surface area contributed by atoms with E-state index in [1.54, 1.807) is 6.07 Å². The maximum absolute atomic E-state index is 13.5. The number of halogens is 2. The molecule has 2 aromatic rings. The highest BCUT2D eigenvalue weighted by Gasteiger charge is 2.06. The van der Waals surface area contributed by atoms with Gasteiger partial charge in [-0.15, -0.1) is 0 Å². The molecule has 0 atom stereocenters. The van der Waals surface area contributed by atoms with Crippen molar-refractivity contribution in [2.75, 3.05) is 0 Å². The molecule has 0 aliphatic rings. The molecule has 0 radical (unpaired) electrons. The van der Waals surface area contributed by atoms with E-state index in [-0.39, 0.29) is 17.9 Å². The van der Waals surface area contributed by atoms with Crippen LogP contribution in [0, 0.1) is 5.82 Å². The molecule has 0 saturated heterocycles. The normalized spacial score (nSPS) is 10.2. The second kappa shape index (κ2) is 5.79. The molecule has 0 aliphatic carbocycles. The van der Waals surface area contributed by atoms with Gasteiger partial charge in [-0.1, -0.05) is 15.9 Å². The Labute approximate surface area is 117 Å². The van der Waals surface area contributed by atoms with Crippen LogP contribution in [0.15, 0.2) is 41.0 Å². The Hall–Kier alpha value is -1.95. The summed E-state index contributed by atoms with van der Waals surface area (Å²) in [7, 11) is 0. The van der Waals surface area contributed by atoms with Gasteiger partial charge in [0.1, 0.15) is 6.61 Å². The average molecular weight is 326 g/mol. The molecule has 98 valence electrons. The van der Waals surface area contributed by atoms with E-state index in [1.165, 1.54) is 30.5 Å². The Bertz CT molecular complexity index is 601. The van der Waals surface area contributed by atoms with E-state index in [4.69, 9.17) is 9.84 Å². The monoisotopic (exact) mass is 325 g/mol. The first kappa shape index (κ1) is 13.5. The highest BCUT2D eigenvalue weighted by Crippen LogP contribution is 2.22. The van der Waals surface area contributed by atoms with Crippen molar-refractivity contribution in [1.29, 1.82) is 0 Å². The third-order valence-corrected chi connectivity index (χ3v) is 2.83. The molecule has 0 aliphatic heterocycles. The van der Waals surface area contributed by atoms with Gasteiger partial charge in [0.05, 0.1) is 11.3 Å². The molecule has 0 spiro atoms. The molecule has 1 aromatic carbocycles. The number of carbonyl (C=O) groups is 1. The van der Waals surface area contributed by atoms with Gasteiger partial charge in [0, 0.05) is 10.7 Å². The highest BCUT2D eigenvalue weighted by atomic mass is 79.9. The predicted molar refractivity (Wildman–Crippen MR) is 69.6 cm³/mol. The molecule has 1 N–H and O–H groups in total. The van der Waals surface area contributed by atoms with E-state index in [0.29, 0.717) is 10.2 Å². The van der Waals surface area contributed by atoms with Crippen LogP contribution in [0.3, 0.4) is 0 Å². The third-order valence-electron chi connectivity index (χ3n) is 2.34. The molecule has 19 heavy (non-hydrogen) atoms. The van der Waals surface area contributed by atoms with Crippen molar-refractivity contribution >= 4 is 21.9 Å². The quantitative estimate of drug-likeness (QED) is 0.937. The van der Waals surface area contributed by atoms with E-state index in [1.807, 2.05) is 0 Å². The van der Waals surface area contributed by atoms with Crippen LogP contribution in [-0.2, 0) is 6.61 Å². The summed E-state index contributed by atoms with van der Waals surface area (Å²) in [4.78, 5) is 14.6. The maximum atomic E-state index is 13.5. The lowest BCUT2D eigenvalue weighted by molar-refractivity contribution is 0.0696. The number of aromatic nitrogens is 1. The summed E-state index contributed by atoms with van der Waals surface area (Å²) in [5, 5.41) is 8.72. The van der Waals surface area contributed by atoms with Crippen molar-refractivity contribution in [3.8, 4) is 5.75 Å². The summed E-state index contributed by atoms with van der Waals surface area (Å²) in [5.74, 6) is -1.40. The largest absolute Gasteiger partial charge is 0.484 e. The van der Waals surface area contributed by atoms with Crippen molar-refractivity contribution < 1.29 is 19.0 Å². The van der Waals surface area contributed by atoms with Gasteiger partial charge in [-0.3, -0.25) is 4.98 Å². The Morgan fingerprint density at radius 3 is 2.74 bits per heavy atom. The summed E-state index contributed by atoms with van der Waals surface area (Å²) in [6, 6.07) is 7.42. The second-order valence-corrected chi connectivity index (χ2v) is 4.62. The number of ether oxygens (including phenoxy) is 1. The fourth-order valence-electron chi connectivity index (χ4n) is 1.38. The molecular formula is C13H9BrFNO3. The minimum absolute atomic E-state index is 0.0679. The summed E-state index contributed by atoms with van der Waals surface area (Å²) in [5.41, 5.74) is 0.617.